The second-order valence-corrected chi connectivity index (χ2v) is 6.46. The van der Waals surface area contributed by atoms with Crippen LogP contribution in [-0.2, 0) is 9.59 Å². The summed E-state index contributed by atoms with van der Waals surface area (Å²) in [5, 5.41) is 9.44. The molecule has 1 N–H and O–H groups in total. The van der Waals surface area contributed by atoms with Crippen LogP contribution in [0.4, 0.5) is 0 Å². The molecule has 0 aromatic rings. The number of carbonyl (C=O) groups excluding carboxylic acids is 1. The van der Waals surface area contributed by atoms with Crippen molar-refractivity contribution in [2.75, 3.05) is 13.1 Å². The SMILES string of the molecule is O=C(O)C1C2CCC(C2)C1C(=O)N1CCCCCC1. The number of hydrogen-bond acceptors (Lipinski definition) is 2. The van der Waals surface area contributed by atoms with E-state index in [2.05, 4.69) is 0 Å². The third-order valence-corrected chi connectivity index (χ3v) is 5.40. The minimum Gasteiger partial charge on any atom is -0.481 e. The fourth-order valence-electron chi connectivity index (χ4n) is 4.50. The van der Waals surface area contributed by atoms with E-state index in [9.17, 15) is 14.7 Å². The van der Waals surface area contributed by atoms with Crippen molar-refractivity contribution in [2.24, 2.45) is 23.7 Å². The smallest absolute Gasteiger partial charge is 0.307 e. The normalized spacial score (nSPS) is 38.2. The maximum atomic E-state index is 12.7. The fraction of sp³-hybridized carbons (Fsp3) is 0.867. The highest BCUT2D eigenvalue weighted by Gasteiger charge is 2.54. The van der Waals surface area contributed by atoms with Crippen molar-refractivity contribution in [1.29, 1.82) is 0 Å². The number of likely N-dealkylation sites (tertiary alicyclic amines) is 1. The lowest BCUT2D eigenvalue weighted by Crippen LogP contribution is -2.44. The Kier molecular flexibility index (Phi) is 3.50. The zero-order chi connectivity index (χ0) is 13.4. The molecule has 106 valence electrons. The van der Waals surface area contributed by atoms with E-state index in [-0.39, 0.29) is 17.7 Å². The van der Waals surface area contributed by atoms with Crippen LogP contribution in [0.3, 0.4) is 0 Å². The Morgan fingerprint density at radius 3 is 2.05 bits per heavy atom. The van der Waals surface area contributed by atoms with E-state index in [0.717, 1.165) is 45.2 Å². The molecule has 3 rings (SSSR count). The highest BCUT2D eigenvalue weighted by atomic mass is 16.4. The summed E-state index contributed by atoms with van der Waals surface area (Å²) in [4.78, 5) is 26.2. The van der Waals surface area contributed by atoms with Crippen molar-refractivity contribution in [1.82, 2.24) is 4.90 Å². The summed E-state index contributed by atoms with van der Waals surface area (Å²) < 4.78 is 0. The van der Waals surface area contributed by atoms with Gasteiger partial charge in [0.15, 0.2) is 0 Å². The minimum absolute atomic E-state index is 0.140. The number of fused-ring (bicyclic) bond motifs is 2. The molecule has 1 heterocycles. The number of aliphatic carboxylic acids is 1. The van der Waals surface area contributed by atoms with Gasteiger partial charge in [0.1, 0.15) is 0 Å². The summed E-state index contributed by atoms with van der Waals surface area (Å²) >= 11 is 0. The molecule has 0 aromatic carbocycles. The number of carboxylic acids is 1. The molecule has 1 amide bonds. The topological polar surface area (TPSA) is 57.6 Å². The van der Waals surface area contributed by atoms with Crippen LogP contribution in [0.25, 0.3) is 0 Å². The van der Waals surface area contributed by atoms with Crippen LogP contribution in [-0.4, -0.2) is 35.0 Å². The maximum absolute atomic E-state index is 12.7. The molecule has 1 aliphatic heterocycles. The first kappa shape index (κ1) is 12.9. The minimum atomic E-state index is -0.750. The molecular formula is C15H23NO3. The number of carboxylic acid groups (broad SMARTS) is 1. The first-order valence-corrected chi connectivity index (χ1v) is 7.70. The van der Waals surface area contributed by atoms with Gasteiger partial charge in [-0.25, -0.2) is 0 Å². The van der Waals surface area contributed by atoms with Crippen molar-refractivity contribution in [2.45, 2.75) is 44.9 Å². The van der Waals surface area contributed by atoms with E-state index in [0.29, 0.717) is 5.92 Å². The molecule has 4 heteroatoms. The third-order valence-electron chi connectivity index (χ3n) is 5.40. The molecule has 0 radical (unpaired) electrons. The molecule has 4 nitrogen and oxygen atoms in total. The average Bonchev–Trinajstić information content (AvgIpc) is 2.89. The lowest BCUT2D eigenvalue weighted by molar-refractivity contribution is -0.152. The van der Waals surface area contributed by atoms with E-state index in [4.69, 9.17) is 0 Å². The zero-order valence-electron chi connectivity index (χ0n) is 11.4. The first-order valence-electron chi connectivity index (χ1n) is 7.70. The largest absolute Gasteiger partial charge is 0.481 e. The summed E-state index contributed by atoms with van der Waals surface area (Å²) in [6.07, 6.45) is 7.56. The summed E-state index contributed by atoms with van der Waals surface area (Å²) in [6.45, 7) is 1.66. The standard InChI is InChI=1S/C15H23NO3/c17-14(16-7-3-1-2-4-8-16)12-10-5-6-11(9-10)13(12)15(18)19/h10-13H,1-9H2,(H,18,19). The Hall–Kier alpha value is -1.06. The Balaban J connectivity index is 1.76. The molecule has 4 atom stereocenters. The number of hydrogen-bond donors (Lipinski definition) is 1. The summed E-state index contributed by atoms with van der Waals surface area (Å²) in [5.74, 6) is -0.656. The second-order valence-electron chi connectivity index (χ2n) is 6.46. The maximum Gasteiger partial charge on any atom is 0.307 e. The average molecular weight is 265 g/mol. The molecule has 4 unspecified atom stereocenters. The van der Waals surface area contributed by atoms with Gasteiger partial charge in [-0.3, -0.25) is 9.59 Å². The molecule has 2 bridgehead atoms. The monoisotopic (exact) mass is 265 g/mol. The summed E-state index contributed by atoms with van der Waals surface area (Å²) in [6, 6.07) is 0. The molecular weight excluding hydrogens is 242 g/mol. The van der Waals surface area contributed by atoms with Crippen LogP contribution in [0.15, 0.2) is 0 Å². The quantitative estimate of drug-likeness (QED) is 0.832. The van der Waals surface area contributed by atoms with Crippen molar-refractivity contribution in [3.05, 3.63) is 0 Å². The highest BCUT2D eigenvalue weighted by Crippen LogP contribution is 2.53. The number of amides is 1. The molecule has 2 saturated carbocycles. The van der Waals surface area contributed by atoms with Crippen molar-refractivity contribution in [3.63, 3.8) is 0 Å². The van der Waals surface area contributed by atoms with E-state index in [1.54, 1.807) is 0 Å². The van der Waals surface area contributed by atoms with Gasteiger partial charge in [0.05, 0.1) is 11.8 Å². The van der Waals surface area contributed by atoms with Crippen LogP contribution in [0, 0.1) is 23.7 Å². The van der Waals surface area contributed by atoms with Gasteiger partial charge in [0, 0.05) is 13.1 Å². The van der Waals surface area contributed by atoms with Gasteiger partial charge in [-0.05, 0) is 43.9 Å². The van der Waals surface area contributed by atoms with Gasteiger partial charge in [0.2, 0.25) is 5.91 Å². The van der Waals surface area contributed by atoms with Crippen molar-refractivity contribution < 1.29 is 14.7 Å². The molecule has 0 spiro atoms. The van der Waals surface area contributed by atoms with Gasteiger partial charge < -0.3 is 10.0 Å². The molecule has 3 aliphatic rings. The van der Waals surface area contributed by atoms with Crippen LogP contribution in [0.1, 0.15) is 44.9 Å². The van der Waals surface area contributed by atoms with Crippen molar-refractivity contribution >= 4 is 11.9 Å². The molecule has 2 aliphatic carbocycles. The Morgan fingerprint density at radius 2 is 1.47 bits per heavy atom. The third kappa shape index (κ3) is 2.26. The van der Waals surface area contributed by atoms with Gasteiger partial charge >= 0.3 is 5.97 Å². The summed E-state index contributed by atoms with van der Waals surface area (Å²) in [5.41, 5.74) is 0. The Bertz CT molecular complexity index is 374. The first-order chi connectivity index (χ1) is 9.18. The van der Waals surface area contributed by atoms with E-state index >= 15 is 0 Å². The number of rotatable bonds is 2. The second kappa shape index (κ2) is 5.14. The van der Waals surface area contributed by atoms with E-state index in [1.807, 2.05) is 4.90 Å². The number of nitrogens with zero attached hydrogens (tertiary/aromatic N) is 1. The highest BCUT2D eigenvalue weighted by molar-refractivity contribution is 5.86. The van der Waals surface area contributed by atoms with Gasteiger partial charge in [-0.2, -0.15) is 0 Å². The van der Waals surface area contributed by atoms with E-state index < -0.39 is 11.9 Å². The van der Waals surface area contributed by atoms with Gasteiger partial charge in [-0.15, -0.1) is 0 Å². The molecule has 0 aromatic heterocycles. The Labute approximate surface area is 114 Å². The summed E-state index contributed by atoms with van der Waals surface area (Å²) in [7, 11) is 0. The molecule has 19 heavy (non-hydrogen) atoms. The van der Waals surface area contributed by atoms with Crippen LogP contribution < -0.4 is 0 Å². The molecule has 1 saturated heterocycles. The van der Waals surface area contributed by atoms with Crippen molar-refractivity contribution in [3.8, 4) is 0 Å². The van der Waals surface area contributed by atoms with Crippen LogP contribution in [0.2, 0.25) is 0 Å². The van der Waals surface area contributed by atoms with E-state index in [1.165, 1.54) is 12.8 Å². The number of carbonyl (C=O) groups is 2. The van der Waals surface area contributed by atoms with Gasteiger partial charge in [-0.1, -0.05) is 12.8 Å². The zero-order valence-corrected chi connectivity index (χ0v) is 11.4. The Morgan fingerprint density at radius 1 is 0.895 bits per heavy atom. The predicted molar refractivity (Wildman–Crippen MR) is 70.5 cm³/mol. The molecule has 3 fully saturated rings. The van der Waals surface area contributed by atoms with Crippen LogP contribution >= 0.6 is 0 Å². The van der Waals surface area contributed by atoms with Crippen LogP contribution in [0.5, 0.6) is 0 Å². The lowest BCUT2D eigenvalue weighted by Gasteiger charge is -2.32. The fourth-order valence-corrected chi connectivity index (χ4v) is 4.50. The van der Waals surface area contributed by atoms with Gasteiger partial charge in [0.25, 0.3) is 0 Å². The predicted octanol–water partition coefficient (Wildman–Crippen LogP) is 2.14. The lowest BCUT2D eigenvalue weighted by atomic mass is 9.78.